The SMILES string of the molecule is Cc1cccc([C@@H](C)Nc2nnc(C)c3ccc(N4CCC5(CCCN5C)CC4)cc23)c1C. The minimum Gasteiger partial charge on any atom is -0.371 e. The van der Waals surface area contributed by atoms with Crippen molar-refractivity contribution in [1.82, 2.24) is 15.1 Å². The van der Waals surface area contributed by atoms with Crippen LogP contribution in [0.5, 0.6) is 0 Å². The molecule has 1 spiro atoms. The molecular formula is C28H37N5. The molecule has 174 valence electrons. The van der Waals surface area contributed by atoms with Gasteiger partial charge in [0.25, 0.3) is 0 Å². The minimum absolute atomic E-state index is 0.154. The van der Waals surface area contributed by atoms with E-state index < -0.39 is 0 Å². The summed E-state index contributed by atoms with van der Waals surface area (Å²) in [6.45, 7) is 12.1. The van der Waals surface area contributed by atoms with Gasteiger partial charge in [0.1, 0.15) is 0 Å². The van der Waals surface area contributed by atoms with Gasteiger partial charge < -0.3 is 15.1 Å². The average molecular weight is 444 g/mol. The summed E-state index contributed by atoms with van der Waals surface area (Å²) in [5.41, 5.74) is 6.67. The zero-order valence-electron chi connectivity index (χ0n) is 20.8. The summed E-state index contributed by atoms with van der Waals surface area (Å²) < 4.78 is 0. The zero-order valence-corrected chi connectivity index (χ0v) is 20.8. The standard InChI is InChI=1S/C28H37N5/c1-19-8-6-9-24(20(19)2)21(3)29-27-26-18-23(10-11-25(26)22(4)30-31-27)33-16-13-28(14-17-33)12-7-15-32(28)5/h6,8-11,18,21H,7,12-17H2,1-5H3,(H,29,31)/t21-/m1/s1. The molecule has 33 heavy (non-hydrogen) atoms. The maximum Gasteiger partial charge on any atom is 0.157 e. The van der Waals surface area contributed by atoms with Crippen molar-refractivity contribution in [3.8, 4) is 0 Å². The van der Waals surface area contributed by atoms with E-state index in [0.29, 0.717) is 5.54 Å². The van der Waals surface area contributed by atoms with Crippen LogP contribution in [0.25, 0.3) is 10.8 Å². The maximum absolute atomic E-state index is 4.59. The molecule has 2 aromatic carbocycles. The molecule has 0 radical (unpaired) electrons. The Hall–Kier alpha value is -2.66. The van der Waals surface area contributed by atoms with Crippen molar-refractivity contribution in [3.05, 3.63) is 58.8 Å². The van der Waals surface area contributed by atoms with Crippen LogP contribution >= 0.6 is 0 Å². The number of nitrogens with zero attached hydrogens (tertiary/aromatic N) is 4. The number of fused-ring (bicyclic) bond motifs is 1. The second-order valence-corrected chi connectivity index (χ2v) is 10.3. The number of piperidine rings is 1. The molecule has 2 saturated heterocycles. The predicted octanol–water partition coefficient (Wildman–Crippen LogP) is 5.79. The first-order chi connectivity index (χ1) is 15.9. The van der Waals surface area contributed by atoms with E-state index in [2.05, 4.69) is 89.5 Å². The molecule has 2 aliphatic rings. The van der Waals surface area contributed by atoms with Gasteiger partial charge in [-0.25, -0.2) is 0 Å². The molecule has 3 heterocycles. The van der Waals surface area contributed by atoms with Crippen LogP contribution in [0, 0.1) is 20.8 Å². The molecule has 0 amide bonds. The van der Waals surface area contributed by atoms with Crippen molar-refractivity contribution in [3.63, 3.8) is 0 Å². The third-order valence-electron chi connectivity index (χ3n) is 8.42. The van der Waals surface area contributed by atoms with Gasteiger partial charge in [-0.2, -0.15) is 5.10 Å². The molecule has 5 rings (SSSR count). The second-order valence-electron chi connectivity index (χ2n) is 10.3. The molecule has 1 N–H and O–H groups in total. The highest BCUT2D eigenvalue weighted by Crippen LogP contribution is 2.39. The van der Waals surface area contributed by atoms with Crippen LogP contribution in [0.3, 0.4) is 0 Å². The molecule has 2 fully saturated rings. The largest absolute Gasteiger partial charge is 0.371 e. The lowest BCUT2D eigenvalue weighted by atomic mass is 9.85. The maximum atomic E-state index is 4.59. The summed E-state index contributed by atoms with van der Waals surface area (Å²) in [6.07, 6.45) is 5.21. The summed E-state index contributed by atoms with van der Waals surface area (Å²) in [4.78, 5) is 5.17. The van der Waals surface area contributed by atoms with Crippen molar-refractivity contribution in [2.45, 2.75) is 65.0 Å². The van der Waals surface area contributed by atoms with Gasteiger partial charge in [0.05, 0.1) is 11.7 Å². The van der Waals surface area contributed by atoms with Crippen molar-refractivity contribution in [1.29, 1.82) is 0 Å². The van der Waals surface area contributed by atoms with Gasteiger partial charge in [0.15, 0.2) is 5.82 Å². The highest BCUT2D eigenvalue weighted by molar-refractivity contribution is 5.95. The fourth-order valence-electron chi connectivity index (χ4n) is 5.99. The van der Waals surface area contributed by atoms with Crippen LogP contribution in [-0.4, -0.2) is 47.3 Å². The zero-order chi connectivity index (χ0) is 23.2. The fourth-order valence-corrected chi connectivity index (χ4v) is 5.99. The Labute approximate surface area is 198 Å². The Balaban J connectivity index is 1.43. The molecule has 2 aliphatic heterocycles. The van der Waals surface area contributed by atoms with Crippen LogP contribution in [0.15, 0.2) is 36.4 Å². The van der Waals surface area contributed by atoms with Gasteiger partial charge >= 0.3 is 0 Å². The van der Waals surface area contributed by atoms with Crippen LogP contribution in [-0.2, 0) is 0 Å². The topological polar surface area (TPSA) is 44.3 Å². The molecule has 0 aliphatic carbocycles. The molecule has 1 atom stereocenters. The molecule has 5 heteroatoms. The Morgan fingerprint density at radius 2 is 1.73 bits per heavy atom. The van der Waals surface area contributed by atoms with E-state index in [1.165, 1.54) is 60.0 Å². The average Bonchev–Trinajstić information content (AvgIpc) is 3.17. The number of hydrogen-bond donors (Lipinski definition) is 1. The lowest BCUT2D eigenvalue weighted by Gasteiger charge is -2.44. The van der Waals surface area contributed by atoms with E-state index in [-0.39, 0.29) is 6.04 Å². The van der Waals surface area contributed by atoms with Gasteiger partial charge in [0, 0.05) is 35.1 Å². The summed E-state index contributed by atoms with van der Waals surface area (Å²) in [7, 11) is 2.31. The summed E-state index contributed by atoms with van der Waals surface area (Å²) in [5.74, 6) is 0.870. The van der Waals surface area contributed by atoms with Gasteiger partial charge in [0.2, 0.25) is 0 Å². The molecule has 0 bridgehead atoms. The van der Waals surface area contributed by atoms with Crippen molar-refractivity contribution in [2.24, 2.45) is 0 Å². The number of likely N-dealkylation sites (tertiary alicyclic amines) is 1. The third kappa shape index (κ3) is 3.97. The van der Waals surface area contributed by atoms with E-state index in [0.717, 1.165) is 30.0 Å². The van der Waals surface area contributed by atoms with Crippen LogP contribution in [0.4, 0.5) is 11.5 Å². The van der Waals surface area contributed by atoms with E-state index in [9.17, 15) is 0 Å². The quantitative estimate of drug-likeness (QED) is 0.553. The van der Waals surface area contributed by atoms with Crippen molar-refractivity contribution >= 4 is 22.3 Å². The molecule has 3 aromatic rings. The lowest BCUT2D eigenvalue weighted by Crippen LogP contribution is -2.50. The first kappa shape index (κ1) is 22.1. The summed E-state index contributed by atoms with van der Waals surface area (Å²) in [5, 5.41) is 15.1. The van der Waals surface area contributed by atoms with Crippen LogP contribution in [0.1, 0.15) is 61.0 Å². The number of benzene rings is 2. The number of aromatic nitrogens is 2. The summed E-state index contributed by atoms with van der Waals surface area (Å²) in [6, 6.07) is 13.5. The Morgan fingerprint density at radius 1 is 0.939 bits per heavy atom. The van der Waals surface area contributed by atoms with Crippen molar-refractivity contribution in [2.75, 3.05) is 36.9 Å². The number of hydrogen-bond acceptors (Lipinski definition) is 5. The number of rotatable bonds is 4. The first-order valence-corrected chi connectivity index (χ1v) is 12.4. The normalized spacial score (nSPS) is 19.4. The number of anilines is 2. The van der Waals surface area contributed by atoms with Crippen molar-refractivity contribution < 1.29 is 0 Å². The minimum atomic E-state index is 0.154. The highest BCUT2D eigenvalue weighted by atomic mass is 15.2. The Kier molecular flexibility index (Phi) is 5.77. The van der Waals surface area contributed by atoms with Gasteiger partial charge in [-0.3, -0.25) is 0 Å². The predicted molar refractivity (Wildman–Crippen MR) is 138 cm³/mol. The Morgan fingerprint density at radius 3 is 2.45 bits per heavy atom. The molecular weight excluding hydrogens is 406 g/mol. The molecule has 5 nitrogen and oxygen atoms in total. The molecule has 0 unspecified atom stereocenters. The molecule has 1 aromatic heterocycles. The third-order valence-corrected chi connectivity index (χ3v) is 8.42. The van der Waals surface area contributed by atoms with E-state index in [1.807, 2.05) is 6.92 Å². The van der Waals surface area contributed by atoms with E-state index in [1.54, 1.807) is 0 Å². The van der Waals surface area contributed by atoms with Crippen LogP contribution in [0.2, 0.25) is 0 Å². The van der Waals surface area contributed by atoms with E-state index in [4.69, 9.17) is 0 Å². The number of nitrogens with one attached hydrogen (secondary N) is 1. The van der Waals surface area contributed by atoms with E-state index >= 15 is 0 Å². The summed E-state index contributed by atoms with van der Waals surface area (Å²) >= 11 is 0. The smallest absolute Gasteiger partial charge is 0.157 e. The monoisotopic (exact) mass is 443 g/mol. The Bertz CT molecular complexity index is 1160. The number of aryl methyl sites for hydroxylation is 2. The fraction of sp³-hybridized carbons (Fsp3) is 0.500. The lowest BCUT2D eigenvalue weighted by molar-refractivity contribution is 0.137. The molecule has 0 saturated carbocycles. The van der Waals surface area contributed by atoms with Gasteiger partial charge in [-0.15, -0.1) is 5.10 Å². The first-order valence-electron chi connectivity index (χ1n) is 12.4. The van der Waals surface area contributed by atoms with Gasteiger partial charge in [-0.05, 0) is 95.8 Å². The second kappa shape index (κ2) is 8.60. The van der Waals surface area contributed by atoms with Crippen LogP contribution < -0.4 is 10.2 Å². The van der Waals surface area contributed by atoms with Gasteiger partial charge in [-0.1, -0.05) is 24.3 Å². The highest BCUT2D eigenvalue weighted by Gasteiger charge is 2.41.